The van der Waals surface area contributed by atoms with Crippen LogP contribution in [0.2, 0.25) is 5.02 Å². The van der Waals surface area contributed by atoms with E-state index in [-0.39, 0.29) is 0 Å². The highest BCUT2D eigenvalue weighted by atomic mass is 35.5. The van der Waals surface area contributed by atoms with Crippen molar-refractivity contribution in [3.63, 3.8) is 0 Å². The number of carboxylic acid groups (broad SMARTS) is 1. The van der Waals surface area contributed by atoms with Crippen molar-refractivity contribution in [1.82, 2.24) is 0 Å². The van der Waals surface area contributed by atoms with Gasteiger partial charge in [-0.05, 0) is 48.9 Å². The minimum Gasteiger partial charge on any atom is -0.493 e. The molecule has 0 amide bonds. The molecule has 2 aromatic carbocycles. The van der Waals surface area contributed by atoms with Crippen molar-refractivity contribution in [3.05, 3.63) is 77.4 Å². The van der Waals surface area contributed by atoms with Gasteiger partial charge in [-0.1, -0.05) is 42.0 Å². The Morgan fingerprint density at radius 2 is 1.94 bits per heavy atom. The number of rotatable bonds is 10. The van der Waals surface area contributed by atoms with Crippen molar-refractivity contribution in [2.24, 2.45) is 10.9 Å². The number of hydrogen-bond acceptors (Lipinski definition) is 6. The molecular formula is C24H26ClN3O4. The molecule has 32 heavy (non-hydrogen) atoms. The molecule has 0 radical (unpaired) electrons. The Hall–Kier alpha value is -3.29. The molecule has 1 aliphatic carbocycles. The molecule has 0 spiro atoms. The van der Waals surface area contributed by atoms with Crippen molar-refractivity contribution in [2.45, 2.75) is 25.7 Å². The minimum absolute atomic E-state index is 0.413. The molecule has 0 bridgehead atoms. The fourth-order valence-electron chi connectivity index (χ4n) is 2.99. The number of hydrogen-bond donors (Lipinski definition) is 2. The number of carbonyl (C=O) groups is 1. The van der Waals surface area contributed by atoms with Gasteiger partial charge in [0.2, 0.25) is 0 Å². The summed E-state index contributed by atoms with van der Waals surface area (Å²) in [6.45, 7) is 2.51. The highest BCUT2D eigenvalue weighted by Crippen LogP contribution is 2.30. The van der Waals surface area contributed by atoms with E-state index in [1.807, 2.05) is 24.3 Å². The number of ether oxygens (including phenoxy) is 2. The van der Waals surface area contributed by atoms with E-state index in [1.54, 1.807) is 49.4 Å². The Bertz CT molecular complexity index is 1020. The molecule has 3 N–H and O–H groups in total. The summed E-state index contributed by atoms with van der Waals surface area (Å²) in [5, 5.41) is 15.3. The molecule has 0 saturated carbocycles. The summed E-state index contributed by atoms with van der Waals surface area (Å²) in [6.07, 6.45) is 9.11. The summed E-state index contributed by atoms with van der Waals surface area (Å²) >= 11 is 6.14. The monoisotopic (exact) mass is 455 g/mol. The summed E-state index contributed by atoms with van der Waals surface area (Å²) in [5.74, 6) is 5.99. The number of carboxylic acids is 1. The van der Waals surface area contributed by atoms with Crippen LogP contribution in [-0.2, 0) is 4.79 Å². The van der Waals surface area contributed by atoms with Crippen molar-refractivity contribution < 1.29 is 19.4 Å². The Labute approximate surface area is 192 Å². The lowest BCUT2D eigenvalue weighted by atomic mass is 10.0. The SMILES string of the molecule is CC(C(=O)O)c1ccc(OCCCOc2ccc(Cl)cc2N(N)/N=C2/C=CC=CC2)cc1. The molecule has 168 valence electrons. The molecule has 1 unspecified atom stereocenters. The van der Waals surface area contributed by atoms with Crippen molar-refractivity contribution >= 4 is 29.0 Å². The summed E-state index contributed by atoms with van der Waals surface area (Å²) in [4.78, 5) is 11.1. The highest BCUT2D eigenvalue weighted by Gasteiger charge is 2.13. The van der Waals surface area contributed by atoms with E-state index in [2.05, 4.69) is 5.10 Å². The van der Waals surface area contributed by atoms with Crippen LogP contribution in [0.4, 0.5) is 5.69 Å². The van der Waals surface area contributed by atoms with Crippen LogP contribution in [0.25, 0.3) is 0 Å². The molecule has 0 heterocycles. The first-order valence-corrected chi connectivity index (χ1v) is 10.7. The van der Waals surface area contributed by atoms with Crippen molar-refractivity contribution in [3.8, 4) is 11.5 Å². The van der Waals surface area contributed by atoms with Gasteiger partial charge in [0.1, 0.15) is 17.2 Å². The van der Waals surface area contributed by atoms with Gasteiger partial charge in [0.05, 0.1) is 24.8 Å². The smallest absolute Gasteiger partial charge is 0.310 e. The maximum absolute atomic E-state index is 11.1. The average molecular weight is 456 g/mol. The molecular weight excluding hydrogens is 430 g/mol. The third-order valence-corrected chi connectivity index (χ3v) is 5.07. The van der Waals surface area contributed by atoms with Crippen molar-refractivity contribution in [1.29, 1.82) is 0 Å². The molecule has 0 fully saturated rings. The molecule has 0 aliphatic heterocycles. The fourth-order valence-corrected chi connectivity index (χ4v) is 3.15. The summed E-state index contributed by atoms with van der Waals surface area (Å²) in [5.41, 5.74) is 2.13. The van der Waals surface area contributed by atoms with Crippen molar-refractivity contribution in [2.75, 3.05) is 18.3 Å². The predicted molar refractivity (Wildman–Crippen MR) is 127 cm³/mol. The quantitative estimate of drug-likeness (QED) is 0.299. The number of anilines is 1. The van der Waals surface area contributed by atoms with E-state index in [9.17, 15) is 4.79 Å². The number of hydrazine groups is 1. The molecule has 1 atom stereocenters. The summed E-state index contributed by atoms with van der Waals surface area (Å²) in [7, 11) is 0. The number of nitrogens with two attached hydrogens (primary N) is 1. The first-order valence-electron chi connectivity index (χ1n) is 10.3. The Balaban J connectivity index is 1.51. The third-order valence-electron chi connectivity index (χ3n) is 4.83. The predicted octanol–water partition coefficient (Wildman–Crippen LogP) is 4.93. The van der Waals surface area contributed by atoms with E-state index in [0.717, 1.165) is 11.3 Å². The van der Waals surface area contributed by atoms with Gasteiger partial charge in [0.25, 0.3) is 0 Å². The molecule has 0 aromatic heterocycles. The topological polar surface area (TPSA) is 97.4 Å². The Kier molecular flexibility index (Phi) is 8.30. The largest absolute Gasteiger partial charge is 0.493 e. The van der Waals surface area contributed by atoms with Crippen LogP contribution < -0.4 is 20.4 Å². The lowest BCUT2D eigenvalue weighted by molar-refractivity contribution is -0.138. The number of nitrogens with zero attached hydrogens (tertiary/aromatic N) is 2. The maximum atomic E-state index is 11.1. The van der Waals surface area contributed by atoms with Gasteiger partial charge in [0, 0.05) is 17.9 Å². The van der Waals surface area contributed by atoms with Crippen LogP contribution >= 0.6 is 11.6 Å². The van der Waals surface area contributed by atoms with E-state index >= 15 is 0 Å². The van der Waals surface area contributed by atoms with Gasteiger partial charge in [0.15, 0.2) is 0 Å². The molecule has 2 aromatic rings. The Morgan fingerprint density at radius 1 is 1.19 bits per heavy atom. The molecule has 1 aliphatic rings. The first-order chi connectivity index (χ1) is 15.4. The zero-order valence-electron chi connectivity index (χ0n) is 17.8. The second-order valence-electron chi connectivity index (χ2n) is 7.22. The van der Waals surface area contributed by atoms with E-state index in [4.69, 9.17) is 32.0 Å². The molecule has 8 heteroatoms. The van der Waals surface area contributed by atoms with E-state index < -0.39 is 11.9 Å². The van der Waals surface area contributed by atoms with Crippen LogP contribution in [0.3, 0.4) is 0 Å². The van der Waals surface area contributed by atoms with Crippen LogP contribution in [0, 0.1) is 0 Å². The second-order valence-corrected chi connectivity index (χ2v) is 7.66. The zero-order valence-corrected chi connectivity index (χ0v) is 18.5. The van der Waals surface area contributed by atoms with Gasteiger partial charge < -0.3 is 14.6 Å². The normalized spacial score (nSPS) is 14.9. The number of halogens is 1. The molecule has 3 rings (SSSR count). The lowest BCUT2D eigenvalue weighted by Crippen LogP contribution is -2.27. The number of aliphatic carboxylic acids is 1. The van der Waals surface area contributed by atoms with Gasteiger partial charge in [-0.3, -0.25) is 4.79 Å². The van der Waals surface area contributed by atoms with Gasteiger partial charge >= 0.3 is 5.97 Å². The summed E-state index contributed by atoms with van der Waals surface area (Å²) < 4.78 is 11.6. The third kappa shape index (κ3) is 6.60. The number of allylic oxidation sites excluding steroid dienone is 4. The highest BCUT2D eigenvalue weighted by molar-refractivity contribution is 6.30. The lowest BCUT2D eigenvalue weighted by Gasteiger charge is -2.19. The molecule has 0 saturated heterocycles. The Morgan fingerprint density at radius 3 is 2.62 bits per heavy atom. The fraction of sp³-hybridized carbons (Fsp3) is 0.250. The number of hydrazone groups is 1. The van der Waals surface area contributed by atoms with E-state index in [0.29, 0.717) is 48.3 Å². The zero-order chi connectivity index (χ0) is 22.9. The number of benzene rings is 2. The summed E-state index contributed by atoms with van der Waals surface area (Å²) in [6, 6.07) is 12.3. The maximum Gasteiger partial charge on any atom is 0.310 e. The van der Waals surface area contributed by atoms with Gasteiger partial charge in [-0.15, -0.1) is 0 Å². The standard InChI is InChI=1S/C24H26ClN3O4/c1-17(24(29)30)18-8-11-21(12-9-18)31-14-5-15-32-23-13-10-19(25)16-22(23)28(26)27-20-6-3-2-4-7-20/h2-4,6,8-13,16-17H,5,7,14-15,26H2,1H3,(H,29,30)/b27-20-. The minimum atomic E-state index is -0.855. The average Bonchev–Trinajstić information content (AvgIpc) is 2.80. The van der Waals surface area contributed by atoms with Crippen LogP contribution in [-0.4, -0.2) is 30.0 Å². The van der Waals surface area contributed by atoms with Crippen LogP contribution in [0.5, 0.6) is 11.5 Å². The molecule has 7 nitrogen and oxygen atoms in total. The van der Waals surface area contributed by atoms with Gasteiger partial charge in [-0.2, -0.15) is 10.2 Å². The first kappa shape index (κ1) is 23.4. The van der Waals surface area contributed by atoms with Crippen LogP contribution in [0.1, 0.15) is 31.2 Å². The second kappa shape index (κ2) is 11.4. The van der Waals surface area contributed by atoms with Crippen LogP contribution in [0.15, 0.2) is 71.9 Å². The van der Waals surface area contributed by atoms with Gasteiger partial charge in [-0.25, -0.2) is 5.84 Å². The van der Waals surface area contributed by atoms with E-state index in [1.165, 1.54) is 5.12 Å².